The fourth-order valence-electron chi connectivity index (χ4n) is 2.86. The van der Waals surface area contributed by atoms with Gasteiger partial charge < -0.3 is 0 Å². The third kappa shape index (κ3) is 2.41. The monoisotopic (exact) mass is 287 g/mol. The molecule has 3 rings (SSSR count). The van der Waals surface area contributed by atoms with Crippen molar-refractivity contribution in [3.8, 4) is 0 Å². The molecule has 2 unspecified atom stereocenters. The predicted octanol–water partition coefficient (Wildman–Crippen LogP) is 4.29. The van der Waals surface area contributed by atoms with Crippen molar-refractivity contribution in [2.45, 2.75) is 18.2 Å². The lowest BCUT2D eigenvalue weighted by molar-refractivity contribution is -0.384. The van der Waals surface area contributed by atoms with Crippen LogP contribution in [0.5, 0.6) is 0 Å². The fourth-order valence-corrected chi connectivity index (χ4v) is 3.25. The predicted molar refractivity (Wildman–Crippen MR) is 79.0 cm³/mol. The van der Waals surface area contributed by atoms with Gasteiger partial charge in [0, 0.05) is 12.1 Å². The molecule has 1 aliphatic carbocycles. The SMILES string of the molecule is O=[N+]([O-])c1ccc(CC2Cc3ccccc3C2Cl)cc1. The summed E-state index contributed by atoms with van der Waals surface area (Å²) in [4.78, 5) is 10.3. The number of halogens is 1. The Morgan fingerprint density at radius 3 is 2.50 bits per heavy atom. The molecule has 0 aromatic heterocycles. The summed E-state index contributed by atoms with van der Waals surface area (Å²) < 4.78 is 0. The molecule has 0 spiro atoms. The molecule has 0 radical (unpaired) electrons. The molecule has 0 saturated heterocycles. The van der Waals surface area contributed by atoms with E-state index in [1.165, 1.54) is 11.1 Å². The zero-order valence-electron chi connectivity index (χ0n) is 10.8. The van der Waals surface area contributed by atoms with Crippen LogP contribution in [0.25, 0.3) is 0 Å². The summed E-state index contributed by atoms with van der Waals surface area (Å²) in [7, 11) is 0. The molecule has 2 atom stereocenters. The number of nitrogens with zero attached hydrogens (tertiary/aromatic N) is 1. The highest BCUT2D eigenvalue weighted by Crippen LogP contribution is 2.42. The maximum Gasteiger partial charge on any atom is 0.269 e. The van der Waals surface area contributed by atoms with Crippen LogP contribution in [-0.4, -0.2) is 4.92 Å². The number of alkyl halides is 1. The van der Waals surface area contributed by atoms with Crippen LogP contribution in [0.3, 0.4) is 0 Å². The molecular formula is C16H14ClNO2. The van der Waals surface area contributed by atoms with Gasteiger partial charge >= 0.3 is 0 Å². The normalized spacial score (nSPS) is 20.6. The van der Waals surface area contributed by atoms with Crippen molar-refractivity contribution in [2.75, 3.05) is 0 Å². The van der Waals surface area contributed by atoms with E-state index in [4.69, 9.17) is 11.6 Å². The quantitative estimate of drug-likeness (QED) is 0.480. The molecule has 0 aliphatic heterocycles. The fraction of sp³-hybridized carbons (Fsp3) is 0.250. The van der Waals surface area contributed by atoms with Crippen molar-refractivity contribution in [3.05, 3.63) is 75.3 Å². The van der Waals surface area contributed by atoms with Gasteiger partial charge in [-0.25, -0.2) is 0 Å². The molecule has 20 heavy (non-hydrogen) atoms. The number of non-ortho nitro benzene ring substituents is 1. The van der Waals surface area contributed by atoms with Gasteiger partial charge in [-0.2, -0.15) is 0 Å². The van der Waals surface area contributed by atoms with E-state index in [1.54, 1.807) is 12.1 Å². The molecule has 4 heteroatoms. The number of nitro groups is 1. The van der Waals surface area contributed by atoms with Crippen molar-refractivity contribution in [3.63, 3.8) is 0 Å². The summed E-state index contributed by atoms with van der Waals surface area (Å²) in [6, 6.07) is 15.0. The van der Waals surface area contributed by atoms with Gasteiger partial charge in [-0.1, -0.05) is 36.4 Å². The molecule has 0 bridgehead atoms. The topological polar surface area (TPSA) is 43.1 Å². The standard InChI is InChI=1S/C16H14ClNO2/c17-16-13(10-12-3-1-2-4-15(12)16)9-11-5-7-14(8-6-11)18(19)20/h1-8,13,16H,9-10H2. The smallest absolute Gasteiger partial charge is 0.258 e. The van der Waals surface area contributed by atoms with Gasteiger partial charge in [0.05, 0.1) is 10.3 Å². The summed E-state index contributed by atoms with van der Waals surface area (Å²) in [5.41, 5.74) is 3.77. The van der Waals surface area contributed by atoms with Crippen LogP contribution in [0, 0.1) is 16.0 Å². The highest BCUT2D eigenvalue weighted by atomic mass is 35.5. The lowest BCUT2D eigenvalue weighted by Gasteiger charge is -2.14. The van der Waals surface area contributed by atoms with Gasteiger partial charge in [0.1, 0.15) is 0 Å². The number of rotatable bonds is 3. The molecule has 0 saturated carbocycles. The Kier molecular flexibility index (Phi) is 3.45. The first-order chi connectivity index (χ1) is 9.65. The molecule has 2 aromatic rings. The highest BCUT2D eigenvalue weighted by molar-refractivity contribution is 6.21. The maximum atomic E-state index is 10.6. The summed E-state index contributed by atoms with van der Waals surface area (Å²) >= 11 is 6.53. The maximum absolute atomic E-state index is 10.6. The van der Waals surface area contributed by atoms with Crippen molar-refractivity contribution < 1.29 is 4.92 Å². The number of nitro benzene ring substituents is 1. The lowest BCUT2D eigenvalue weighted by Crippen LogP contribution is -2.06. The van der Waals surface area contributed by atoms with Crippen LogP contribution in [-0.2, 0) is 12.8 Å². The second kappa shape index (κ2) is 5.25. The molecular weight excluding hydrogens is 274 g/mol. The zero-order chi connectivity index (χ0) is 14.1. The van der Waals surface area contributed by atoms with Crippen LogP contribution in [0.15, 0.2) is 48.5 Å². The van der Waals surface area contributed by atoms with E-state index >= 15 is 0 Å². The summed E-state index contributed by atoms with van der Waals surface area (Å²) in [5.74, 6) is 0.357. The largest absolute Gasteiger partial charge is 0.269 e. The van der Waals surface area contributed by atoms with Gasteiger partial charge in [0.25, 0.3) is 5.69 Å². The first-order valence-electron chi connectivity index (χ1n) is 6.60. The summed E-state index contributed by atoms with van der Waals surface area (Å²) in [6.45, 7) is 0. The van der Waals surface area contributed by atoms with E-state index in [2.05, 4.69) is 12.1 Å². The van der Waals surface area contributed by atoms with Crippen LogP contribution < -0.4 is 0 Å². The third-order valence-corrected chi connectivity index (χ3v) is 4.48. The minimum atomic E-state index is -0.375. The average Bonchev–Trinajstić information content (AvgIpc) is 2.77. The van der Waals surface area contributed by atoms with Gasteiger partial charge in [0.2, 0.25) is 0 Å². The first-order valence-corrected chi connectivity index (χ1v) is 7.04. The Labute approximate surface area is 122 Å². The molecule has 2 aromatic carbocycles. The highest BCUT2D eigenvalue weighted by Gasteiger charge is 2.30. The Hall–Kier alpha value is -1.87. The van der Waals surface area contributed by atoms with E-state index in [1.807, 2.05) is 24.3 Å². The second-order valence-electron chi connectivity index (χ2n) is 5.19. The summed E-state index contributed by atoms with van der Waals surface area (Å²) in [6.07, 6.45) is 1.82. The van der Waals surface area contributed by atoms with Crippen LogP contribution in [0.4, 0.5) is 5.69 Å². The first kappa shape index (κ1) is 13.1. The molecule has 0 N–H and O–H groups in total. The third-order valence-electron chi connectivity index (χ3n) is 3.89. The van der Waals surface area contributed by atoms with Crippen LogP contribution >= 0.6 is 11.6 Å². The van der Waals surface area contributed by atoms with E-state index < -0.39 is 0 Å². The van der Waals surface area contributed by atoms with Crippen molar-refractivity contribution in [1.82, 2.24) is 0 Å². The second-order valence-corrected chi connectivity index (χ2v) is 5.66. The Morgan fingerprint density at radius 1 is 1.15 bits per heavy atom. The Bertz CT molecular complexity index is 639. The number of hydrogen-bond acceptors (Lipinski definition) is 2. The molecule has 0 amide bonds. The van der Waals surface area contributed by atoms with E-state index in [9.17, 15) is 10.1 Å². The van der Waals surface area contributed by atoms with Gasteiger partial charge in [-0.3, -0.25) is 10.1 Å². The van der Waals surface area contributed by atoms with Crippen molar-refractivity contribution >= 4 is 17.3 Å². The lowest BCUT2D eigenvalue weighted by atomic mass is 9.96. The molecule has 0 heterocycles. The number of hydrogen-bond donors (Lipinski definition) is 0. The van der Waals surface area contributed by atoms with Gasteiger partial charge in [-0.05, 0) is 35.4 Å². The van der Waals surface area contributed by atoms with Crippen LogP contribution in [0.2, 0.25) is 0 Å². The van der Waals surface area contributed by atoms with Crippen molar-refractivity contribution in [1.29, 1.82) is 0 Å². The zero-order valence-corrected chi connectivity index (χ0v) is 11.6. The average molecular weight is 288 g/mol. The van der Waals surface area contributed by atoms with Gasteiger partial charge in [0.15, 0.2) is 0 Å². The molecule has 0 fully saturated rings. The van der Waals surface area contributed by atoms with E-state index in [-0.39, 0.29) is 16.0 Å². The molecule has 102 valence electrons. The number of fused-ring (bicyclic) bond motifs is 1. The Balaban J connectivity index is 1.75. The molecule has 3 nitrogen and oxygen atoms in total. The minimum absolute atomic E-state index is 0.0291. The number of benzene rings is 2. The molecule has 1 aliphatic rings. The van der Waals surface area contributed by atoms with Crippen LogP contribution in [0.1, 0.15) is 22.1 Å². The van der Waals surface area contributed by atoms with E-state index in [0.29, 0.717) is 5.92 Å². The van der Waals surface area contributed by atoms with Gasteiger partial charge in [-0.15, -0.1) is 11.6 Å². The summed E-state index contributed by atoms with van der Waals surface area (Å²) in [5, 5.41) is 10.7. The van der Waals surface area contributed by atoms with Crippen molar-refractivity contribution in [2.24, 2.45) is 5.92 Å². The minimum Gasteiger partial charge on any atom is -0.258 e. The Morgan fingerprint density at radius 2 is 1.85 bits per heavy atom. The van der Waals surface area contributed by atoms with E-state index in [0.717, 1.165) is 18.4 Å².